The fourth-order valence-corrected chi connectivity index (χ4v) is 3.76. The summed E-state index contributed by atoms with van der Waals surface area (Å²) in [5.74, 6) is -1.06. The second-order valence-electron chi connectivity index (χ2n) is 5.32. The summed E-state index contributed by atoms with van der Waals surface area (Å²) in [6.07, 6.45) is -0.0839. The molecule has 0 fully saturated rings. The number of carbonyl (C=O) groups is 1. The van der Waals surface area contributed by atoms with Crippen LogP contribution in [-0.2, 0) is 18.3 Å². The van der Waals surface area contributed by atoms with Crippen LogP contribution in [-0.4, -0.2) is 10.5 Å². The van der Waals surface area contributed by atoms with Gasteiger partial charge < -0.3 is 14.5 Å². The fourth-order valence-electron chi connectivity index (χ4n) is 2.63. The maximum Gasteiger partial charge on any atom is 0.0492 e. The molecule has 0 aliphatic carbocycles. The molecule has 0 N–H and O–H groups in total. The third-order valence-corrected chi connectivity index (χ3v) is 4.87. The third kappa shape index (κ3) is 2.74. The predicted molar refractivity (Wildman–Crippen MR) is 86.9 cm³/mol. The molecule has 0 aliphatic heterocycles. The van der Waals surface area contributed by atoms with E-state index in [1.54, 1.807) is 11.8 Å². The first-order valence-electron chi connectivity index (χ1n) is 7.07. The summed E-state index contributed by atoms with van der Waals surface area (Å²) in [7, 11) is 1.91. The summed E-state index contributed by atoms with van der Waals surface area (Å²) in [5.41, 5.74) is 2.99. The van der Waals surface area contributed by atoms with Gasteiger partial charge in [-0.15, -0.1) is 0 Å². The number of aryl methyl sites for hydroxylation is 2. The molecule has 22 heavy (non-hydrogen) atoms. The van der Waals surface area contributed by atoms with Crippen molar-refractivity contribution in [3.63, 3.8) is 0 Å². The Kier molecular flexibility index (Phi) is 3.94. The molecule has 0 unspecified atom stereocenters. The second kappa shape index (κ2) is 5.89. The molecule has 0 saturated heterocycles. The Morgan fingerprint density at radius 3 is 2.59 bits per heavy atom. The summed E-state index contributed by atoms with van der Waals surface area (Å²) in [5, 5.41) is 12.2. The van der Waals surface area contributed by atoms with Crippen LogP contribution in [0.2, 0.25) is 0 Å². The molecule has 0 aliphatic rings. The number of benzene rings is 2. The predicted octanol–water partition coefficient (Wildman–Crippen LogP) is 2.93. The fraction of sp³-hybridized carbons (Fsp3) is 0.167. The molecule has 0 atom stereocenters. The number of fused-ring (bicyclic) bond motifs is 1. The van der Waals surface area contributed by atoms with Crippen molar-refractivity contribution in [2.24, 2.45) is 7.05 Å². The summed E-state index contributed by atoms with van der Waals surface area (Å²) in [4.78, 5) is 13.2. The number of aliphatic carboxylic acids is 1. The first-order valence-corrected chi connectivity index (χ1v) is 7.88. The molecule has 3 rings (SSSR count). The molecule has 2 aromatic carbocycles. The van der Waals surface area contributed by atoms with E-state index >= 15 is 0 Å². The maximum atomic E-state index is 11.1. The van der Waals surface area contributed by atoms with E-state index in [1.807, 2.05) is 61.0 Å². The third-order valence-electron chi connectivity index (χ3n) is 3.70. The lowest BCUT2D eigenvalue weighted by Gasteiger charge is -2.08. The molecule has 112 valence electrons. The summed E-state index contributed by atoms with van der Waals surface area (Å²) in [6.45, 7) is 2.04. The molecule has 0 amide bonds. The van der Waals surface area contributed by atoms with Crippen molar-refractivity contribution in [2.45, 2.75) is 23.1 Å². The number of nitrogens with zero attached hydrogens (tertiary/aromatic N) is 1. The van der Waals surface area contributed by atoms with Crippen LogP contribution in [0.3, 0.4) is 0 Å². The summed E-state index contributed by atoms with van der Waals surface area (Å²) in [6, 6.07) is 16.2. The number of hydrogen-bond donors (Lipinski definition) is 0. The van der Waals surface area contributed by atoms with Gasteiger partial charge >= 0.3 is 0 Å². The molecule has 4 heteroatoms. The lowest BCUT2D eigenvalue weighted by molar-refractivity contribution is -0.304. The van der Waals surface area contributed by atoms with Crippen LogP contribution in [0.25, 0.3) is 10.9 Å². The molecular weight excluding hydrogens is 294 g/mol. The summed E-state index contributed by atoms with van der Waals surface area (Å²) < 4.78 is 1.95. The average molecular weight is 310 g/mol. The van der Waals surface area contributed by atoms with Gasteiger partial charge in [0.1, 0.15) is 0 Å². The van der Waals surface area contributed by atoms with E-state index < -0.39 is 5.97 Å². The number of rotatable bonds is 4. The molecule has 0 saturated carbocycles. The number of carboxylic acid groups (broad SMARTS) is 1. The van der Waals surface area contributed by atoms with Crippen molar-refractivity contribution in [3.8, 4) is 0 Å². The highest BCUT2D eigenvalue weighted by molar-refractivity contribution is 7.99. The Bertz CT molecular complexity index is 837. The zero-order chi connectivity index (χ0) is 15.7. The van der Waals surface area contributed by atoms with E-state index in [0.717, 1.165) is 32.0 Å². The normalized spacial score (nSPS) is 11.0. The van der Waals surface area contributed by atoms with Gasteiger partial charge in [-0.1, -0.05) is 41.6 Å². The van der Waals surface area contributed by atoms with Crippen LogP contribution in [0.4, 0.5) is 0 Å². The van der Waals surface area contributed by atoms with Gasteiger partial charge in [0.2, 0.25) is 0 Å². The highest BCUT2D eigenvalue weighted by Crippen LogP contribution is 2.38. The zero-order valence-corrected chi connectivity index (χ0v) is 13.3. The monoisotopic (exact) mass is 310 g/mol. The Hall–Kier alpha value is -2.20. The molecule has 0 radical (unpaired) electrons. The maximum absolute atomic E-state index is 11.1. The van der Waals surface area contributed by atoms with Gasteiger partial charge in [-0.2, -0.15) is 0 Å². The largest absolute Gasteiger partial charge is 0.550 e. The number of hydrogen-bond acceptors (Lipinski definition) is 3. The number of carboxylic acids is 1. The van der Waals surface area contributed by atoms with Crippen LogP contribution in [0.1, 0.15) is 11.3 Å². The first kappa shape index (κ1) is 14.7. The van der Waals surface area contributed by atoms with E-state index in [-0.39, 0.29) is 6.42 Å². The average Bonchev–Trinajstić information content (AvgIpc) is 2.73. The highest BCUT2D eigenvalue weighted by atomic mass is 32.2. The lowest BCUT2D eigenvalue weighted by Crippen LogP contribution is -2.25. The lowest BCUT2D eigenvalue weighted by atomic mass is 10.2. The van der Waals surface area contributed by atoms with Crippen LogP contribution < -0.4 is 5.11 Å². The van der Waals surface area contributed by atoms with E-state index in [2.05, 4.69) is 6.07 Å². The Morgan fingerprint density at radius 1 is 1.18 bits per heavy atom. The number of aromatic nitrogens is 1. The smallest absolute Gasteiger partial charge is 0.0492 e. The van der Waals surface area contributed by atoms with Gasteiger partial charge in [0.05, 0.1) is 0 Å². The van der Waals surface area contributed by atoms with Crippen molar-refractivity contribution in [1.29, 1.82) is 0 Å². The van der Waals surface area contributed by atoms with Gasteiger partial charge in [0.15, 0.2) is 0 Å². The summed E-state index contributed by atoms with van der Waals surface area (Å²) >= 11 is 1.60. The Morgan fingerprint density at radius 2 is 1.91 bits per heavy atom. The van der Waals surface area contributed by atoms with Crippen LogP contribution in [0, 0.1) is 6.92 Å². The Labute approximate surface area is 133 Å². The molecule has 1 heterocycles. The van der Waals surface area contributed by atoms with Crippen molar-refractivity contribution >= 4 is 28.6 Å². The van der Waals surface area contributed by atoms with Gasteiger partial charge in [0, 0.05) is 45.8 Å². The van der Waals surface area contributed by atoms with Crippen molar-refractivity contribution in [1.82, 2.24) is 4.57 Å². The van der Waals surface area contributed by atoms with Crippen LogP contribution >= 0.6 is 11.8 Å². The zero-order valence-electron chi connectivity index (χ0n) is 12.5. The first-order chi connectivity index (χ1) is 10.6. The minimum absolute atomic E-state index is 0.0839. The van der Waals surface area contributed by atoms with E-state index in [1.165, 1.54) is 0 Å². The standard InChI is InChI=1S/C18H17NO2S/c1-12-8-9-15-14(10-12)18(16(19(15)2)11-17(20)21)22-13-6-4-3-5-7-13/h3-10H,11H2,1-2H3,(H,20,21)/p-1. The second-order valence-corrected chi connectivity index (χ2v) is 6.40. The van der Waals surface area contributed by atoms with Gasteiger partial charge in [0.25, 0.3) is 0 Å². The SMILES string of the molecule is Cc1ccc2c(c1)c(Sc1ccccc1)c(CC(=O)[O-])n2C. The Balaban J connectivity index is 2.20. The van der Waals surface area contributed by atoms with Crippen LogP contribution in [0.15, 0.2) is 58.3 Å². The van der Waals surface area contributed by atoms with E-state index in [4.69, 9.17) is 0 Å². The minimum atomic E-state index is -1.06. The number of carbonyl (C=O) groups excluding carboxylic acids is 1. The molecular formula is C18H16NO2S-. The minimum Gasteiger partial charge on any atom is -0.550 e. The highest BCUT2D eigenvalue weighted by Gasteiger charge is 2.16. The van der Waals surface area contributed by atoms with Gasteiger partial charge in [-0.3, -0.25) is 0 Å². The quantitative estimate of drug-likeness (QED) is 0.744. The van der Waals surface area contributed by atoms with Crippen molar-refractivity contribution < 1.29 is 9.90 Å². The van der Waals surface area contributed by atoms with Crippen molar-refractivity contribution in [3.05, 3.63) is 59.8 Å². The van der Waals surface area contributed by atoms with Gasteiger partial charge in [-0.25, -0.2) is 0 Å². The molecule has 0 spiro atoms. The topological polar surface area (TPSA) is 45.1 Å². The van der Waals surface area contributed by atoms with E-state index in [0.29, 0.717) is 0 Å². The molecule has 3 aromatic rings. The van der Waals surface area contributed by atoms with E-state index in [9.17, 15) is 9.90 Å². The van der Waals surface area contributed by atoms with Crippen LogP contribution in [0.5, 0.6) is 0 Å². The molecule has 3 nitrogen and oxygen atoms in total. The molecule has 0 bridgehead atoms. The van der Waals surface area contributed by atoms with Gasteiger partial charge in [-0.05, 0) is 31.2 Å². The molecule has 1 aromatic heterocycles. The van der Waals surface area contributed by atoms with Crippen molar-refractivity contribution in [2.75, 3.05) is 0 Å².